The molecule has 2 rings (SSSR count). The van der Waals surface area contributed by atoms with Gasteiger partial charge >= 0.3 is 0 Å². The molecule has 84 valence electrons. The minimum Gasteiger partial charge on any atom is -0.329 e. The number of nitrogens with zero attached hydrogens (tertiary/aromatic N) is 3. The maximum Gasteiger partial charge on any atom is 0.132 e. The molecule has 0 aliphatic carbocycles. The van der Waals surface area contributed by atoms with E-state index >= 15 is 0 Å². The van der Waals surface area contributed by atoms with Crippen LogP contribution in [-0.2, 0) is 6.54 Å². The van der Waals surface area contributed by atoms with Crippen LogP contribution in [0.15, 0.2) is 24.4 Å². The topological polar surface area (TPSA) is 56.7 Å². The molecule has 0 amide bonds. The average molecular weight is 224 g/mol. The average Bonchev–Trinajstić information content (AvgIpc) is 2.71. The SMILES string of the molecule is NCCn1cc(-c2cc(F)ccc2F)nn1. The van der Waals surface area contributed by atoms with E-state index in [4.69, 9.17) is 5.73 Å². The highest BCUT2D eigenvalue weighted by Gasteiger charge is 2.10. The molecule has 0 fully saturated rings. The van der Waals surface area contributed by atoms with Crippen LogP contribution >= 0.6 is 0 Å². The van der Waals surface area contributed by atoms with E-state index in [1.165, 1.54) is 10.9 Å². The van der Waals surface area contributed by atoms with Crippen molar-refractivity contribution >= 4 is 0 Å². The number of benzene rings is 1. The summed E-state index contributed by atoms with van der Waals surface area (Å²) in [6.07, 6.45) is 1.53. The molecule has 6 heteroatoms. The second-order valence-electron chi connectivity index (χ2n) is 3.28. The van der Waals surface area contributed by atoms with E-state index in [0.29, 0.717) is 18.8 Å². The number of hydrogen-bond donors (Lipinski definition) is 1. The molecular weight excluding hydrogens is 214 g/mol. The summed E-state index contributed by atoms with van der Waals surface area (Å²) in [4.78, 5) is 0. The van der Waals surface area contributed by atoms with Crippen LogP contribution in [0.5, 0.6) is 0 Å². The first-order chi connectivity index (χ1) is 7.70. The zero-order valence-electron chi connectivity index (χ0n) is 8.40. The fourth-order valence-electron chi connectivity index (χ4n) is 1.36. The van der Waals surface area contributed by atoms with E-state index in [9.17, 15) is 8.78 Å². The molecule has 0 saturated heterocycles. The quantitative estimate of drug-likeness (QED) is 0.851. The van der Waals surface area contributed by atoms with Gasteiger partial charge in [-0.2, -0.15) is 0 Å². The monoisotopic (exact) mass is 224 g/mol. The van der Waals surface area contributed by atoms with Gasteiger partial charge in [0.1, 0.15) is 17.3 Å². The van der Waals surface area contributed by atoms with Gasteiger partial charge in [0.25, 0.3) is 0 Å². The van der Waals surface area contributed by atoms with Crippen molar-refractivity contribution in [1.82, 2.24) is 15.0 Å². The van der Waals surface area contributed by atoms with E-state index in [1.807, 2.05) is 0 Å². The predicted octanol–water partition coefficient (Wildman–Crippen LogP) is 1.18. The molecule has 1 aromatic carbocycles. The van der Waals surface area contributed by atoms with E-state index in [0.717, 1.165) is 18.2 Å². The fourth-order valence-corrected chi connectivity index (χ4v) is 1.36. The summed E-state index contributed by atoms with van der Waals surface area (Å²) in [5.41, 5.74) is 5.74. The maximum atomic E-state index is 13.4. The lowest BCUT2D eigenvalue weighted by Crippen LogP contribution is -2.10. The molecule has 0 atom stereocenters. The van der Waals surface area contributed by atoms with Gasteiger partial charge in [0, 0.05) is 12.1 Å². The minimum atomic E-state index is -0.527. The highest BCUT2D eigenvalue weighted by atomic mass is 19.1. The second-order valence-corrected chi connectivity index (χ2v) is 3.28. The summed E-state index contributed by atoms with van der Waals surface area (Å²) in [6.45, 7) is 0.901. The highest BCUT2D eigenvalue weighted by molar-refractivity contribution is 5.58. The van der Waals surface area contributed by atoms with Crippen LogP contribution in [0.3, 0.4) is 0 Å². The van der Waals surface area contributed by atoms with Crippen molar-refractivity contribution in [2.75, 3.05) is 6.54 Å². The Morgan fingerprint density at radius 2 is 2.12 bits per heavy atom. The van der Waals surface area contributed by atoms with E-state index in [2.05, 4.69) is 10.3 Å². The lowest BCUT2D eigenvalue weighted by atomic mass is 10.1. The van der Waals surface area contributed by atoms with Gasteiger partial charge in [-0.15, -0.1) is 5.10 Å². The number of aromatic nitrogens is 3. The number of nitrogens with two attached hydrogens (primary N) is 1. The first kappa shape index (κ1) is 10.7. The molecule has 2 aromatic rings. The van der Waals surface area contributed by atoms with E-state index in [1.54, 1.807) is 0 Å². The van der Waals surface area contributed by atoms with Gasteiger partial charge in [-0.1, -0.05) is 5.21 Å². The van der Waals surface area contributed by atoms with Crippen LogP contribution in [0.2, 0.25) is 0 Å². The molecule has 1 aromatic heterocycles. The zero-order chi connectivity index (χ0) is 11.5. The van der Waals surface area contributed by atoms with Gasteiger partial charge < -0.3 is 5.73 Å². The normalized spacial score (nSPS) is 10.7. The molecule has 0 saturated carbocycles. The van der Waals surface area contributed by atoms with Crippen molar-refractivity contribution in [3.05, 3.63) is 36.0 Å². The van der Waals surface area contributed by atoms with Crippen molar-refractivity contribution in [3.63, 3.8) is 0 Å². The molecule has 0 aliphatic rings. The predicted molar refractivity (Wildman–Crippen MR) is 54.4 cm³/mol. The first-order valence-corrected chi connectivity index (χ1v) is 4.76. The lowest BCUT2D eigenvalue weighted by molar-refractivity contribution is 0.598. The molecular formula is C10H10F2N4. The summed E-state index contributed by atoms with van der Waals surface area (Å²) in [6, 6.07) is 3.21. The fraction of sp³-hybridized carbons (Fsp3) is 0.200. The van der Waals surface area contributed by atoms with Crippen molar-refractivity contribution in [2.45, 2.75) is 6.54 Å². The van der Waals surface area contributed by atoms with Crippen LogP contribution in [-0.4, -0.2) is 21.5 Å². The highest BCUT2D eigenvalue weighted by Crippen LogP contribution is 2.20. The van der Waals surface area contributed by atoms with Gasteiger partial charge in [0.05, 0.1) is 12.7 Å². The molecule has 0 aliphatic heterocycles. The zero-order valence-corrected chi connectivity index (χ0v) is 8.40. The minimum absolute atomic E-state index is 0.100. The second kappa shape index (κ2) is 4.36. The Kier molecular flexibility index (Phi) is 2.91. The largest absolute Gasteiger partial charge is 0.329 e. The molecule has 1 heterocycles. The first-order valence-electron chi connectivity index (χ1n) is 4.76. The molecule has 0 bridgehead atoms. The Morgan fingerprint density at radius 3 is 2.88 bits per heavy atom. The van der Waals surface area contributed by atoms with Crippen LogP contribution in [0.1, 0.15) is 0 Å². The third-order valence-corrected chi connectivity index (χ3v) is 2.10. The Hall–Kier alpha value is -1.82. The van der Waals surface area contributed by atoms with Crippen molar-refractivity contribution < 1.29 is 8.78 Å². The van der Waals surface area contributed by atoms with Gasteiger partial charge in [0.2, 0.25) is 0 Å². The summed E-state index contributed by atoms with van der Waals surface area (Å²) >= 11 is 0. The molecule has 0 radical (unpaired) electrons. The van der Waals surface area contributed by atoms with Gasteiger partial charge in [-0.25, -0.2) is 8.78 Å². The summed E-state index contributed by atoms with van der Waals surface area (Å²) < 4.78 is 27.8. The molecule has 16 heavy (non-hydrogen) atoms. The van der Waals surface area contributed by atoms with Gasteiger partial charge in [0.15, 0.2) is 0 Å². The van der Waals surface area contributed by atoms with Crippen LogP contribution in [0.4, 0.5) is 8.78 Å². The van der Waals surface area contributed by atoms with Crippen molar-refractivity contribution in [3.8, 4) is 11.3 Å². The summed E-state index contributed by atoms with van der Waals surface area (Å²) in [5.74, 6) is -1.04. The van der Waals surface area contributed by atoms with Crippen LogP contribution in [0, 0.1) is 11.6 Å². The number of hydrogen-bond acceptors (Lipinski definition) is 3. The number of rotatable bonds is 3. The third kappa shape index (κ3) is 2.06. The Labute approximate surface area is 90.7 Å². The number of halogens is 2. The Balaban J connectivity index is 2.38. The Bertz CT molecular complexity index is 495. The van der Waals surface area contributed by atoms with Gasteiger partial charge in [-0.05, 0) is 18.2 Å². The Morgan fingerprint density at radius 1 is 1.31 bits per heavy atom. The van der Waals surface area contributed by atoms with Gasteiger partial charge in [-0.3, -0.25) is 4.68 Å². The summed E-state index contributed by atoms with van der Waals surface area (Å²) in [7, 11) is 0. The maximum absolute atomic E-state index is 13.4. The lowest BCUT2D eigenvalue weighted by Gasteiger charge is -1.98. The standard InChI is InChI=1S/C10H10F2N4/c11-7-1-2-9(12)8(5-7)10-6-16(4-3-13)15-14-10/h1-2,5-6H,3-4,13H2. The van der Waals surface area contributed by atoms with Crippen molar-refractivity contribution in [2.24, 2.45) is 5.73 Å². The third-order valence-electron chi connectivity index (χ3n) is 2.10. The van der Waals surface area contributed by atoms with E-state index in [-0.39, 0.29) is 5.56 Å². The summed E-state index contributed by atoms with van der Waals surface area (Å²) in [5, 5.41) is 7.51. The molecule has 2 N–H and O–H groups in total. The molecule has 0 unspecified atom stereocenters. The van der Waals surface area contributed by atoms with Crippen molar-refractivity contribution in [1.29, 1.82) is 0 Å². The van der Waals surface area contributed by atoms with E-state index < -0.39 is 11.6 Å². The van der Waals surface area contributed by atoms with Crippen LogP contribution < -0.4 is 5.73 Å². The molecule has 4 nitrogen and oxygen atoms in total. The van der Waals surface area contributed by atoms with Crippen LogP contribution in [0.25, 0.3) is 11.3 Å². The molecule has 0 spiro atoms. The smallest absolute Gasteiger partial charge is 0.132 e.